The van der Waals surface area contributed by atoms with Crippen molar-refractivity contribution >= 4 is 11.8 Å². The highest BCUT2D eigenvalue weighted by Gasteiger charge is 2.32. The molecule has 102 valence electrons. The van der Waals surface area contributed by atoms with Gasteiger partial charge in [-0.1, -0.05) is 25.3 Å². The van der Waals surface area contributed by atoms with Crippen LogP contribution in [0.25, 0.3) is 0 Å². The molecular formula is C15H19NO3. The van der Waals surface area contributed by atoms with Crippen molar-refractivity contribution in [3.8, 4) is 0 Å². The molecule has 0 radical (unpaired) electrons. The number of aromatic nitrogens is 1. The second-order valence-corrected chi connectivity index (χ2v) is 5.18. The number of Topliss-reactive ketones (excluding diaryl/α,β-unsaturated/α-hetero) is 1. The van der Waals surface area contributed by atoms with Gasteiger partial charge in [-0.2, -0.15) is 0 Å². The zero-order valence-corrected chi connectivity index (χ0v) is 10.9. The molecule has 1 heterocycles. The van der Waals surface area contributed by atoms with Gasteiger partial charge in [0, 0.05) is 12.1 Å². The van der Waals surface area contributed by atoms with Crippen LogP contribution in [-0.4, -0.2) is 21.8 Å². The lowest BCUT2D eigenvalue weighted by Crippen LogP contribution is -2.28. The van der Waals surface area contributed by atoms with Gasteiger partial charge in [0.1, 0.15) is 5.69 Å². The number of carboxylic acid groups (broad SMARTS) is 1. The maximum atomic E-state index is 12.5. The van der Waals surface area contributed by atoms with Crippen LogP contribution in [-0.2, 0) is 4.79 Å². The molecule has 4 nitrogen and oxygen atoms in total. The van der Waals surface area contributed by atoms with E-state index in [-0.39, 0.29) is 18.1 Å². The average Bonchev–Trinajstić information content (AvgIpc) is 2.46. The number of rotatable bonds is 5. The molecule has 0 spiro atoms. The third-order valence-corrected chi connectivity index (χ3v) is 3.87. The summed E-state index contributed by atoms with van der Waals surface area (Å²) in [5, 5.41) is 9.04. The SMILES string of the molecule is O=C(O)CC(C(=O)c1ccccn1)C1CCCCC1. The lowest BCUT2D eigenvalue weighted by atomic mass is 9.76. The van der Waals surface area contributed by atoms with E-state index in [9.17, 15) is 9.59 Å². The molecule has 0 aliphatic heterocycles. The third-order valence-electron chi connectivity index (χ3n) is 3.87. The minimum atomic E-state index is -0.903. The molecule has 0 aromatic carbocycles. The summed E-state index contributed by atoms with van der Waals surface area (Å²) in [7, 11) is 0. The average molecular weight is 261 g/mol. The normalized spacial score (nSPS) is 17.9. The van der Waals surface area contributed by atoms with Crippen molar-refractivity contribution in [2.45, 2.75) is 38.5 Å². The smallest absolute Gasteiger partial charge is 0.304 e. The monoisotopic (exact) mass is 261 g/mol. The summed E-state index contributed by atoms with van der Waals surface area (Å²) in [5.74, 6) is -1.25. The molecule has 0 bridgehead atoms. The molecule has 1 aliphatic rings. The Morgan fingerprint density at radius 1 is 1.26 bits per heavy atom. The number of aliphatic carboxylic acids is 1. The van der Waals surface area contributed by atoms with Gasteiger partial charge in [-0.05, 0) is 30.9 Å². The van der Waals surface area contributed by atoms with Gasteiger partial charge in [0.2, 0.25) is 0 Å². The predicted molar refractivity (Wildman–Crippen MR) is 70.9 cm³/mol. The molecule has 1 atom stereocenters. The van der Waals surface area contributed by atoms with E-state index in [4.69, 9.17) is 5.11 Å². The summed E-state index contributed by atoms with van der Waals surface area (Å²) in [6, 6.07) is 5.18. The minimum Gasteiger partial charge on any atom is -0.481 e. The van der Waals surface area contributed by atoms with Crippen LogP contribution in [0.4, 0.5) is 0 Å². The number of ketones is 1. The highest BCUT2D eigenvalue weighted by Crippen LogP contribution is 2.33. The minimum absolute atomic E-state index is 0.0833. The first-order chi connectivity index (χ1) is 9.18. The summed E-state index contributed by atoms with van der Waals surface area (Å²) < 4.78 is 0. The van der Waals surface area contributed by atoms with Crippen molar-refractivity contribution in [3.63, 3.8) is 0 Å². The number of hydrogen-bond acceptors (Lipinski definition) is 3. The fourth-order valence-corrected chi connectivity index (χ4v) is 2.90. The van der Waals surface area contributed by atoms with E-state index in [1.165, 1.54) is 6.42 Å². The Kier molecular flexibility index (Phi) is 4.66. The van der Waals surface area contributed by atoms with Gasteiger partial charge in [-0.25, -0.2) is 0 Å². The molecular weight excluding hydrogens is 242 g/mol. The number of nitrogens with zero attached hydrogens (tertiary/aromatic N) is 1. The van der Waals surface area contributed by atoms with Crippen molar-refractivity contribution in [1.82, 2.24) is 4.98 Å². The summed E-state index contributed by atoms with van der Waals surface area (Å²) in [5.41, 5.74) is 0.388. The Bertz CT molecular complexity index is 438. The number of carboxylic acids is 1. The predicted octanol–water partition coefficient (Wildman–Crippen LogP) is 2.94. The first-order valence-corrected chi connectivity index (χ1v) is 6.85. The van der Waals surface area contributed by atoms with Gasteiger partial charge in [0.15, 0.2) is 5.78 Å². The van der Waals surface area contributed by atoms with E-state index < -0.39 is 11.9 Å². The molecule has 1 aliphatic carbocycles. The van der Waals surface area contributed by atoms with Crippen LogP contribution in [0.5, 0.6) is 0 Å². The van der Waals surface area contributed by atoms with E-state index in [1.54, 1.807) is 24.4 Å². The Hall–Kier alpha value is -1.71. The highest BCUT2D eigenvalue weighted by molar-refractivity contribution is 5.97. The first-order valence-electron chi connectivity index (χ1n) is 6.85. The Balaban J connectivity index is 2.16. The van der Waals surface area contributed by atoms with Crippen LogP contribution in [0.1, 0.15) is 49.0 Å². The maximum absolute atomic E-state index is 12.5. The fourth-order valence-electron chi connectivity index (χ4n) is 2.90. The summed E-state index contributed by atoms with van der Waals surface area (Å²) in [6.07, 6.45) is 6.78. The van der Waals surface area contributed by atoms with Crippen LogP contribution in [0.3, 0.4) is 0 Å². The van der Waals surface area contributed by atoms with Gasteiger partial charge in [0.25, 0.3) is 0 Å². The third kappa shape index (κ3) is 3.63. The van der Waals surface area contributed by atoms with Crippen molar-refractivity contribution in [2.24, 2.45) is 11.8 Å². The molecule has 1 aromatic rings. The second kappa shape index (κ2) is 6.45. The molecule has 2 rings (SSSR count). The van der Waals surface area contributed by atoms with Crippen molar-refractivity contribution in [2.75, 3.05) is 0 Å². The molecule has 0 saturated heterocycles. The number of hydrogen-bond donors (Lipinski definition) is 1. The molecule has 1 aromatic heterocycles. The largest absolute Gasteiger partial charge is 0.481 e. The molecule has 1 saturated carbocycles. The molecule has 1 unspecified atom stereocenters. The van der Waals surface area contributed by atoms with Crippen molar-refractivity contribution < 1.29 is 14.7 Å². The van der Waals surface area contributed by atoms with Gasteiger partial charge >= 0.3 is 5.97 Å². The van der Waals surface area contributed by atoms with Crippen molar-refractivity contribution in [3.05, 3.63) is 30.1 Å². The van der Waals surface area contributed by atoms with E-state index in [1.807, 2.05) is 0 Å². The molecule has 0 amide bonds. The van der Waals surface area contributed by atoms with Gasteiger partial charge in [-0.15, -0.1) is 0 Å². The number of pyridine rings is 1. The van der Waals surface area contributed by atoms with E-state index >= 15 is 0 Å². The Morgan fingerprint density at radius 2 is 2.00 bits per heavy atom. The summed E-state index contributed by atoms with van der Waals surface area (Å²) >= 11 is 0. The number of carbonyl (C=O) groups excluding carboxylic acids is 1. The summed E-state index contributed by atoms with van der Waals surface area (Å²) in [6.45, 7) is 0. The van der Waals surface area contributed by atoms with Gasteiger partial charge in [0.05, 0.1) is 6.42 Å². The van der Waals surface area contributed by atoms with E-state index in [2.05, 4.69) is 4.98 Å². The Labute approximate surface area is 112 Å². The standard InChI is InChI=1S/C15H19NO3/c17-14(18)10-12(11-6-2-1-3-7-11)15(19)13-8-4-5-9-16-13/h4-5,8-9,11-12H,1-3,6-7,10H2,(H,17,18). The van der Waals surface area contributed by atoms with Gasteiger partial charge < -0.3 is 5.11 Å². The van der Waals surface area contributed by atoms with E-state index in [0.29, 0.717) is 5.69 Å². The fraction of sp³-hybridized carbons (Fsp3) is 0.533. The molecule has 1 fully saturated rings. The molecule has 1 N–H and O–H groups in total. The quantitative estimate of drug-likeness (QED) is 0.827. The topological polar surface area (TPSA) is 67.3 Å². The van der Waals surface area contributed by atoms with Crippen LogP contribution in [0.15, 0.2) is 24.4 Å². The van der Waals surface area contributed by atoms with Crippen molar-refractivity contribution in [1.29, 1.82) is 0 Å². The molecule has 19 heavy (non-hydrogen) atoms. The second-order valence-electron chi connectivity index (χ2n) is 5.18. The highest BCUT2D eigenvalue weighted by atomic mass is 16.4. The number of carbonyl (C=O) groups is 2. The molecule has 4 heteroatoms. The van der Waals surface area contributed by atoms with Crippen LogP contribution >= 0.6 is 0 Å². The maximum Gasteiger partial charge on any atom is 0.304 e. The Morgan fingerprint density at radius 3 is 2.58 bits per heavy atom. The zero-order valence-electron chi connectivity index (χ0n) is 10.9. The lowest BCUT2D eigenvalue weighted by molar-refractivity contribution is -0.138. The first kappa shape index (κ1) is 13.7. The van der Waals surface area contributed by atoms with E-state index in [0.717, 1.165) is 25.7 Å². The van der Waals surface area contributed by atoms with Crippen LogP contribution < -0.4 is 0 Å². The zero-order chi connectivity index (χ0) is 13.7. The van der Waals surface area contributed by atoms with Crippen LogP contribution in [0.2, 0.25) is 0 Å². The summed E-state index contributed by atoms with van der Waals surface area (Å²) in [4.78, 5) is 27.5. The van der Waals surface area contributed by atoms with Crippen LogP contribution in [0, 0.1) is 11.8 Å². The lowest BCUT2D eigenvalue weighted by Gasteiger charge is -2.28. The van der Waals surface area contributed by atoms with Gasteiger partial charge in [-0.3, -0.25) is 14.6 Å².